The van der Waals surface area contributed by atoms with E-state index in [-0.39, 0.29) is 12.1 Å². The zero-order chi connectivity index (χ0) is 12.3. The van der Waals surface area contributed by atoms with Gasteiger partial charge in [-0.15, -0.1) is 0 Å². The van der Waals surface area contributed by atoms with Crippen LogP contribution in [0.25, 0.3) is 0 Å². The molecule has 16 heavy (non-hydrogen) atoms. The Morgan fingerprint density at radius 3 is 2.44 bits per heavy atom. The number of carboxylic acid groups (broad SMARTS) is 1. The van der Waals surface area contributed by atoms with Crippen LogP contribution in [-0.4, -0.2) is 20.2 Å². The van der Waals surface area contributed by atoms with Crippen molar-refractivity contribution >= 4 is 5.97 Å². The van der Waals surface area contributed by atoms with Crippen LogP contribution in [0.2, 0.25) is 0 Å². The molecule has 0 aliphatic carbocycles. The summed E-state index contributed by atoms with van der Waals surface area (Å²) in [5, 5.41) is 8.84. The van der Waals surface area contributed by atoms with E-state index < -0.39 is 17.2 Å². The molecule has 0 saturated heterocycles. The molecule has 6 heteroatoms. The number of aromatic carboxylic acids is 1. The normalized spacial score (nSPS) is 10.4. The van der Waals surface area contributed by atoms with Gasteiger partial charge in [0.15, 0.2) is 0 Å². The average molecular weight is 226 g/mol. The Labute approximate surface area is 91.8 Å². The lowest BCUT2D eigenvalue weighted by Gasteiger charge is -2.08. The second kappa shape index (κ2) is 4.78. The number of aromatic nitrogens is 2. The van der Waals surface area contributed by atoms with Gasteiger partial charge >= 0.3 is 11.7 Å². The lowest BCUT2D eigenvalue weighted by Crippen LogP contribution is -2.42. The number of rotatable bonds is 4. The second-order valence-electron chi connectivity index (χ2n) is 3.37. The highest BCUT2D eigenvalue weighted by Crippen LogP contribution is 1.91. The SMILES string of the molecule is CCCn1c(=O)c(C(=O)O)cn(CC)c1=O. The van der Waals surface area contributed by atoms with Gasteiger partial charge in [-0.3, -0.25) is 13.9 Å². The molecule has 1 N–H and O–H groups in total. The number of hydrogen-bond acceptors (Lipinski definition) is 3. The van der Waals surface area contributed by atoms with Crippen LogP contribution in [0.15, 0.2) is 15.8 Å². The molecule has 1 heterocycles. The molecule has 6 nitrogen and oxygen atoms in total. The van der Waals surface area contributed by atoms with Gasteiger partial charge in [0.1, 0.15) is 5.56 Å². The Kier molecular flexibility index (Phi) is 3.65. The van der Waals surface area contributed by atoms with Crippen molar-refractivity contribution in [2.75, 3.05) is 0 Å². The van der Waals surface area contributed by atoms with Crippen LogP contribution in [0.1, 0.15) is 30.6 Å². The van der Waals surface area contributed by atoms with Gasteiger partial charge in [-0.2, -0.15) is 0 Å². The van der Waals surface area contributed by atoms with E-state index in [0.717, 1.165) is 10.8 Å². The van der Waals surface area contributed by atoms with Gasteiger partial charge in [-0.25, -0.2) is 9.59 Å². The first-order valence-corrected chi connectivity index (χ1v) is 5.10. The third-order valence-corrected chi connectivity index (χ3v) is 2.26. The van der Waals surface area contributed by atoms with Crippen molar-refractivity contribution in [3.8, 4) is 0 Å². The van der Waals surface area contributed by atoms with E-state index in [4.69, 9.17) is 5.11 Å². The molecule has 0 aliphatic heterocycles. The Morgan fingerprint density at radius 2 is 2.00 bits per heavy atom. The number of carbonyl (C=O) groups is 1. The molecule has 0 unspecified atom stereocenters. The molecule has 0 bridgehead atoms. The standard InChI is InChI=1S/C10H14N2O4/c1-3-5-12-8(13)7(9(14)15)6-11(4-2)10(12)16/h6H,3-5H2,1-2H3,(H,14,15). The van der Waals surface area contributed by atoms with Crippen LogP contribution in [0.5, 0.6) is 0 Å². The molecule has 88 valence electrons. The predicted octanol–water partition coefficient (Wildman–Crippen LogP) is 0.138. The molecular formula is C10H14N2O4. The summed E-state index contributed by atoms with van der Waals surface area (Å²) in [6, 6.07) is 0. The number of carboxylic acids is 1. The van der Waals surface area contributed by atoms with Crippen LogP contribution in [0.4, 0.5) is 0 Å². The van der Waals surface area contributed by atoms with Crippen LogP contribution in [-0.2, 0) is 13.1 Å². The maximum atomic E-state index is 11.7. The van der Waals surface area contributed by atoms with Gasteiger partial charge in [-0.1, -0.05) is 6.92 Å². The second-order valence-corrected chi connectivity index (χ2v) is 3.37. The quantitative estimate of drug-likeness (QED) is 0.791. The summed E-state index contributed by atoms with van der Waals surface area (Å²) in [5.74, 6) is -1.31. The van der Waals surface area contributed by atoms with E-state index in [1.807, 2.05) is 6.92 Å². The maximum Gasteiger partial charge on any atom is 0.342 e. The third-order valence-electron chi connectivity index (χ3n) is 2.26. The molecule has 0 aromatic carbocycles. The molecule has 0 spiro atoms. The first-order chi connectivity index (χ1) is 7.52. The summed E-state index contributed by atoms with van der Waals surface area (Å²) < 4.78 is 2.19. The lowest BCUT2D eigenvalue weighted by molar-refractivity contribution is 0.0692. The summed E-state index contributed by atoms with van der Waals surface area (Å²) in [7, 11) is 0. The van der Waals surface area contributed by atoms with Crippen molar-refractivity contribution in [3.63, 3.8) is 0 Å². The minimum Gasteiger partial charge on any atom is -0.477 e. The molecule has 0 aliphatic rings. The number of nitrogens with zero attached hydrogens (tertiary/aromatic N) is 2. The van der Waals surface area contributed by atoms with Gasteiger partial charge in [0, 0.05) is 19.3 Å². The Morgan fingerprint density at radius 1 is 1.38 bits per heavy atom. The summed E-state index contributed by atoms with van der Waals surface area (Å²) in [4.78, 5) is 34.2. The van der Waals surface area contributed by atoms with E-state index in [1.165, 1.54) is 4.57 Å². The van der Waals surface area contributed by atoms with E-state index in [2.05, 4.69) is 0 Å². The molecule has 1 rings (SSSR count). The first-order valence-electron chi connectivity index (χ1n) is 5.10. The summed E-state index contributed by atoms with van der Waals surface area (Å²) in [6.45, 7) is 4.10. The third kappa shape index (κ3) is 2.05. The molecule has 0 saturated carbocycles. The minimum absolute atomic E-state index is 0.235. The van der Waals surface area contributed by atoms with Crippen molar-refractivity contribution in [2.24, 2.45) is 0 Å². The summed E-state index contributed by atoms with van der Waals surface area (Å²) in [5.41, 5.74) is -1.56. The van der Waals surface area contributed by atoms with Crippen molar-refractivity contribution in [1.82, 2.24) is 9.13 Å². The molecular weight excluding hydrogens is 212 g/mol. The molecule has 0 fully saturated rings. The van der Waals surface area contributed by atoms with Crippen molar-refractivity contribution < 1.29 is 9.90 Å². The first kappa shape index (κ1) is 12.2. The van der Waals surface area contributed by atoms with Gasteiger partial charge in [0.2, 0.25) is 0 Å². The predicted molar refractivity (Wildman–Crippen MR) is 57.9 cm³/mol. The van der Waals surface area contributed by atoms with Crippen molar-refractivity contribution in [2.45, 2.75) is 33.4 Å². The fourth-order valence-electron chi connectivity index (χ4n) is 1.45. The van der Waals surface area contributed by atoms with E-state index in [9.17, 15) is 14.4 Å². The summed E-state index contributed by atoms with van der Waals surface area (Å²) >= 11 is 0. The van der Waals surface area contributed by atoms with E-state index >= 15 is 0 Å². The Balaban J connectivity index is 3.58. The zero-order valence-electron chi connectivity index (χ0n) is 9.27. The van der Waals surface area contributed by atoms with Crippen LogP contribution < -0.4 is 11.2 Å². The maximum absolute atomic E-state index is 11.7. The Bertz CT molecular complexity index is 513. The van der Waals surface area contributed by atoms with Gasteiger partial charge in [0.05, 0.1) is 0 Å². The highest BCUT2D eigenvalue weighted by Gasteiger charge is 2.15. The van der Waals surface area contributed by atoms with Crippen LogP contribution >= 0.6 is 0 Å². The fraction of sp³-hybridized carbons (Fsp3) is 0.500. The smallest absolute Gasteiger partial charge is 0.342 e. The zero-order valence-corrected chi connectivity index (χ0v) is 9.27. The average Bonchev–Trinajstić information content (AvgIpc) is 2.24. The van der Waals surface area contributed by atoms with Crippen LogP contribution in [0.3, 0.4) is 0 Å². The largest absolute Gasteiger partial charge is 0.477 e. The number of aryl methyl sites for hydroxylation is 1. The van der Waals surface area contributed by atoms with E-state index in [0.29, 0.717) is 13.0 Å². The highest BCUT2D eigenvalue weighted by molar-refractivity contribution is 5.86. The summed E-state index contributed by atoms with van der Waals surface area (Å²) in [6.07, 6.45) is 1.70. The highest BCUT2D eigenvalue weighted by atomic mass is 16.4. The molecule has 0 atom stereocenters. The molecule has 1 aromatic heterocycles. The van der Waals surface area contributed by atoms with Gasteiger partial charge < -0.3 is 5.11 Å². The molecule has 0 radical (unpaired) electrons. The lowest BCUT2D eigenvalue weighted by atomic mass is 10.3. The fourth-order valence-corrected chi connectivity index (χ4v) is 1.45. The monoisotopic (exact) mass is 226 g/mol. The van der Waals surface area contributed by atoms with Gasteiger partial charge in [-0.05, 0) is 13.3 Å². The molecule has 0 amide bonds. The van der Waals surface area contributed by atoms with Gasteiger partial charge in [0.25, 0.3) is 5.56 Å². The van der Waals surface area contributed by atoms with E-state index in [1.54, 1.807) is 6.92 Å². The topological polar surface area (TPSA) is 81.3 Å². The number of hydrogen-bond donors (Lipinski definition) is 1. The van der Waals surface area contributed by atoms with Crippen molar-refractivity contribution in [3.05, 3.63) is 32.6 Å². The van der Waals surface area contributed by atoms with Crippen molar-refractivity contribution in [1.29, 1.82) is 0 Å². The van der Waals surface area contributed by atoms with Crippen LogP contribution in [0, 0.1) is 0 Å². The minimum atomic E-state index is -1.31. The Hall–Kier alpha value is -1.85. The molecule has 1 aromatic rings.